The second kappa shape index (κ2) is 3.64. The molecule has 4 nitrogen and oxygen atoms in total. The van der Waals surface area contributed by atoms with Crippen molar-refractivity contribution in [2.75, 3.05) is 13.1 Å². The highest BCUT2D eigenvalue weighted by atomic mass is 19.4. The average Bonchev–Trinajstić information content (AvgIpc) is 2.28. The third-order valence-electron chi connectivity index (χ3n) is 2.20. The highest BCUT2D eigenvalue weighted by Gasteiger charge is 2.45. The van der Waals surface area contributed by atoms with E-state index in [-0.39, 0.29) is 11.4 Å². The number of amides is 3. The van der Waals surface area contributed by atoms with E-state index in [4.69, 9.17) is 0 Å². The zero-order valence-corrected chi connectivity index (χ0v) is 9.26. The molecule has 16 heavy (non-hydrogen) atoms. The SMILES string of the molecule is CC(C)(C)N1CC(=O)N(CC(F)(F)F)C1=O. The lowest BCUT2D eigenvalue weighted by Crippen LogP contribution is -2.45. The molecule has 0 saturated carbocycles. The quantitative estimate of drug-likeness (QED) is 0.651. The molecule has 0 unspecified atom stereocenters. The Balaban J connectivity index is 2.84. The molecule has 1 fully saturated rings. The summed E-state index contributed by atoms with van der Waals surface area (Å²) in [4.78, 5) is 24.2. The molecule has 0 aromatic carbocycles. The van der Waals surface area contributed by atoms with E-state index < -0.39 is 30.2 Å². The predicted octanol–water partition coefficient (Wildman–Crippen LogP) is 1.61. The summed E-state index contributed by atoms with van der Waals surface area (Å²) in [5.74, 6) is -0.808. The monoisotopic (exact) mass is 238 g/mol. The van der Waals surface area contributed by atoms with Crippen LogP contribution in [0.1, 0.15) is 20.8 Å². The molecule has 0 aromatic rings. The summed E-state index contributed by atoms with van der Waals surface area (Å²) >= 11 is 0. The van der Waals surface area contributed by atoms with Crippen LogP contribution in [0.25, 0.3) is 0 Å². The van der Waals surface area contributed by atoms with Gasteiger partial charge in [0.1, 0.15) is 13.1 Å². The van der Waals surface area contributed by atoms with Gasteiger partial charge < -0.3 is 4.90 Å². The number of nitrogens with zero attached hydrogens (tertiary/aromatic N) is 2. The molecule has 0 aliphatic carbocycles. The number of hydrogen-bond donors (Lipinski definition) is 0. The van der Waals surface area contributed by atoms with Gasteiger partial charge in [0.2, 0.25) is 0 Å². The summed E-state index contributed by atoms with van der Waals surface area (Å²) < 4.78 is 36.3. The fourth-order valence-corrected chi connectivity index (χ4v) is 1.40. The van der Waals surface area contributed by atoms with Gasteiger partial charge in [-0.2, -0.15) is 13.2 Å². The Labute approximate surface area is 91.0 Å². The maximum atomic E-state index is 12.1. The van der Waals surface area contributed by atoms with E-state index in [9.17, 15) is 22.8 Å². The highest BCUT2D eigenvalue weighted by molar-refractivity contribution is 6.02. The maximum Gasteiger partial charge on any atom is 0.406 e. The minimum absolute atomic E-state index is 0.241. The molecule has 7 heteroatoms. The van der Waals surface area contributed by atoms with Crippen molar-refractivity contribution in [1.29, 1.82) is 0 Å². The molecule has 1 saturated heterocycles. The Morgan fingerprint density at radius 3 is 2.00 bits per heavy atom. The topological polar surface area (TPSA) is 40.6 Å². The first-order valence-electron chi connectivity index (χ1n) is 4.71. The van der Waals surface area contributed by atoms with Gasteiger partial charge in [-0.05, 0) is 20.8 Å². The summed E-state index contributed by atoms with van der Waals surface area (Å²) in [6.07, 6.45) is -4.56. The van der Waals surface area contributed by atoms with Gasteiger partial charge in [0.05, 0.1) is 0 Å². The van der Waals surface area contributed by atoms with Gasteiger partial charge in [-0.15, -0.1) is 0 Å². The molecule has 1 aliphatic rings. The standard InChI is InChI=1S/C9H13F3N2O2/c1-8(2,3)14-4-6(15)13(7(14)16)5-9(10,11)12/h4-5H2,1-3H3. The number of imide groups is 1. The van der Waals surface area contributed by atoms with Crippen molar-refractivity contribution in [3.63, 3.8) is 0 Å². The van der Waals surface area contributed by atoms with Gasteiger partial charge in [-0.1, -0.05) is 0 Å². The van der Waals surface area contributed by atoms with Gasteiger partial charge >= 0.3 is 12.2 Å². The van der Waals surface area contributed by atoms with E-state index >= 15 is 0 Å². The van der Waals surface area contributed by atoms with Gasteiger partial charge in [0.25, 0.3) is 5.91 Å². The molecule has 0 N–H and O–H groups in total. The minimum atomic E-state index is -4.56. The highest BCUT2D eigenvalue weighted by Crippen LogP contribution is 2.25. The van der Waals surface area contributed by atoms with E-state index in [1.807, 2.05) is 0 Å². The van der Waals surface area contributed by atoms with Gasteiger partial charge in [0.15, 0.2) is 0 Å². The van der Waals surface area contributed by atoms with Crippen LogP contribution >= 0.6 is 0 Å². The molecule has 0 radical (unpaired) electrons. The summed E-state index contributed by atoms with van der Waals surface area (Å²) in [6, 6.07) is -0.880. The van der Waals surface area contributed by atoms with Crippen LogP contribution in [0, 0.1) is 0 Å². The van der Waals surface area contributed by atoms with Crippen LogP contribution in [0.2, 0.25) is 0 Å². The molecule has 1 heterocycles. The first-order valence-corrected chi connectivity index (χ1v) is 4.71. The first kappa shape index (κ1) is 12.8. The van der Waals surface area contributed by atoms with Crippen molar-refractivity contribution >= 4 is 11.9 Å². The smallest absolute Gasteiger partial charge is 0.310 e. The van der Waals surface area contributed by atoms with E-state index in [0.717, 1.165) is 4.90 Å². The van der Waals surface area contributed by atoms with Crippen molar-refractivity contribution in [2.45, 2.75) is 32.5 Å². The fraction of sp³-hybridized carbons (Fsp3) is 0.778. The van der Waals surface area contributed by atoms with Crippen LogP contribution in [0.4, 0.5) is 18.0 Å². The van der Waals surface area contributed by atoms with Crippen LogP contribution in [0.15, 0.2) is 0 Å². The molecular formula is C9H13F3N2O2. The van der Waals surface area contributed by atoms with Crippen molar-refractivity contribution < 1.29 is 22.8 Å². The molecule has 0 bridgehead atoms. The van der Waals surface area contributed by atoms with Crippen LogP contribution in [0.3, 0.4) is 0 Å². The second-order valence-electron chi connectivity index (χ2n) is 4.63. The number of urea groups is 1. The number of carbonyl (C=O) groups is 2. The molecule has 0 spiro atoms. The normalized spacial score (nSPS) is 18.6. The van der Waals surface area contributed by atoms with Crippen LogP contribution < -0.4 is 0 Å². The molecular weight excluding hydrogens is 225 g/mol. The number of rotatable bonds is 1. The summed E-state index contributed by atoms with van der Waals surface area (Å²) in [7, 11) is 0. The zero-order valence-electron chi connectivity index (χ0n) is 9.26. The molecule has 1 rings (SSSR count). The Bertz CT molecular complexity index is 320. The Kier molecular flexibility index (Phi) is 2.91. The first-order chi connectivity index (χ1) is 7.02. The summed E-state index contributed by atoms with van der Waals surface area (Å²) in [5, 5.41) is 0. The zero-order chi connectivity index (χ0) is 12.7. The van der Waals surface area contributed by atoms with Crippen molar-refractivity contribution in [3.05, 3.63) is 0 Å². The van der Waals surface area contributed by atoms with E-state index in [1.165, 1.54) is 0 Å². The van der Waals surface area contributed by atoms with Crippen molar-refractivity contribution in [2.24, 2.45) is 0 Å². The summed E-state index contributed by atoms with van der Waals surface area (Å²) in [6.45, 7) is 3.18. The van der Waals surface area contributed by atoms with E-state index in [2.05, 4.69) is 0 Å². The number of hydrogen-bond acceptors (Lipinski definition) is 2. The lowest BCUT2D eigenvalue weighted by atomic mass is 10.1. The van der Waals surface area contributed by atoms with Gasteiger partial charge in [0, 0.05) is 5.54 Å². The molecule has 1 aliphatic heterocycles. The number of carbonyl (C=O) groups excluding carboxylic acids is 2. The lowest BCUT2D eigenvalue weighted by molar-refractivity contribution is -0.151. The molecule has 0 aromatic heterocycles. The van der Waals surface area contributed by atoms with Crippen LogP contribution in [-0.2, 0) is 4.79 Å². The molecule has 92 valence electrons. The molecule has 0 atom stereocenters. The van der Waals surface area contributed by atoms with Gasteiger partial charge in [-0.3, -0.25) is 9.69 Å². The van der Waals surface area contributed by atoms with Crippen molar-refractivity contribution in [3.8, 4) is 0 Å². The molecule has 3 amide bonds. The summed E-state index contributed by atoms with van der Waals surface area (Å²) in [5.41, 5.74) is -0.660. The van der Waals surface area contributed by atoms with E-state index in [0.29, 0.717) is 0 Å². The van der Waals surface area contributed by atoms with Crippen LogP contribution in [0.5, 0.6) is 0 Å². The maximum absolute atomic E-state index is 12.1. The second-order valence-corrected chi connectivity index (χ2v) is 4.63. The fourth-order valence-electron chi connectivity index (χ4n) is 1.40. The largest absolute Gasteiger partial charge is 0.406 e. The van der Waals surface area contributed by atoms with Crippen LogP contribution in [-0.4, -0.2) is 46.5 Å². The number of halogens is 3. The average molecular weight is 238 g/mol. The Morgan fingerprint density at radius 2 is 1.69 bits per heavy atom. The third kappa shape index (κ3) is 2.65. The Hall–Kier alpha value is -1.27. The minimum Gasteiger partial charge on any atom is -0.310 e. The van der Waals surface area contributed by atoms with E-state index in [1.54, 1.807) is 20.8 Å². The Morgan fingerprint density at radius 1 is 1.19 bits per heavy atom. The lowest BCUT2D eigenvalue weighted by Gasteiger charge is -2.30. The van der Waals surface area contributed by atoms with Crippen molar-refractivity contribution in [1.82, 2.24) is 9.80 Å². The predicted molar refractivity (Wildman–Crippen MR) is 49.6 cm³/mol. The number of alkyl halides is 3. The third-order valence-corrected chi connectivity index (χ3v) is 2.20. The van der Waals surface area contributed by atoms with Gasteiger partial charge in [-0.25, -0.2) is 4.79 Å².